The maximum atomic E-state index is 12.0. The Morgan fingerprint density at radius 2 is 2.20 bits per heavy atom. The number of carbonyl (C=O) groups excluding carboxylic acids is 1. The molecule has 0 aliphatic heterocycles. The Bertz CT molecular complexity index is 495. The number of halogens is 1. The van der Waals surface area contributed by atoms with Crippen LogP contribution in [-0.4, -0.2) is 42.1 Å². The number of rotatable bonds is 7. The summed E-state index contributed by atoms with van der Waals surface area (Å²) < 4.78 is 5.72. The van der Waals surface area contributed by atoms with Crippen molar-refractivity contribution < 1.29 is 19.4 Å². The first kappa shape index (κ1) is 16.8. The molecule has 0 aromatic heterocycles. The van der Waals surface area contributed by atoms with E-state index in [2.05, 4.69) is 21.2 Å². The molecule has 0 heterocycles. The molecule has 1 atom stereocenters. The molecule has 0 fully saturated rings. The van der Waals surface area contributed by atoms with E-state index >= 15 is 0 Å². The van der Waals surface area contributed by atoms with Crippen LogP contribution in [0.3, 0.4) is 0 Å². The number of thioether (sulfide) groups is 1. The molecular weight excluding hydrogens is 346 g/mol. The second-order valence-electron chi connectivity index (χ2n) is 4.00. The van der Waals surface area contributed by atoms with Crippen molar-refractivity contribution in [2.24, 2.45) is 0 Å². The zero-order valence-corrected chi connectivity index (χ0v) is 13.6. The molecule has 5 nitrogen and oxygen atoms in total. The molecule has 0 aliphatic carbocycles. The quantitative estimate of drug-likeness (QED) is 0.779. The van der Waals surface area contributed by atoms with Gasteiger partial charge in [0.1, 0.15) is 11.8 Å². The fourth-order valence-corrected chi connectivity index (χ4v) is 2.55. The fraction of sp³-hybridized carbons (Fsp3) is 0.385. The predicted molar refractivity (Wildman–Crippen MR) is 82.6 cm³/mol. The van der Waals surface area contributed by atoms with Gasteiger partial charge in [-0.3, -0.25) is 4.79 Å². The normalized spacial score (nSPS) is 11.8. The van der Waals surface area contributed by atoms with E-state index in [0.717, 1.165) is 0 Å². The van der Waals surface area contributed by atoms with E-state index in [4.69, 9.17) is 9.84 Å². The minimum absolute atomic E-state index is 0.382. The molecule has 0 saturated carbocycles. The van der Waals surface area contributed by atoms with E-state index in [1.165, 1.54) is 18.9 Å². The zero-order valence-electron chi connectivity index (χ0n) is 11.2. The summed E-state index contributed by atoms with van der Waals surface area (Å²) in [4.78, 5) is 23.1. The van der Waals surface area contributed by atoms with Crippen LogP contribution in [0, 0.1) is 0 Å². The minimum Gasteiger partial charge on any atom is -0.496 e. The molecule has 20 heavy (non-hydrogen) atoms. The number of carbonyl (C=O) groups is 2. The van der Waals surface area contributed by atoms with Crippen molar-refractivity contribution >= 4 is 39.6 Å². The first-order valence-electron chi connectivity index (χ1n) is 5.85. The summed E-state index contributed by atoms with van der Waals surface area (Å²) in [5, 5.41) is 11.6. The van der Waals surface area contributed by atoms with Gasteiger partial charge < -0.3 is 15.2 Å². The molecule has 0 unspecified atom stereocenters. The lowest BCUT2D eigenvalue weighted by molar-refractivity contribution is -0.139. The van der Waals surface area contributed by atoms with Gasteiger partial charge in [-0.2, -0.15) is 11.8 Å². The van der Waals surface area contributed by atoms with Crippen molar-refractivity contribution in [3.8, 4) is 5.75 Å². The van der Waals surface area contributed by atoms with Gasteiger partial charge >= 0.3 is 5.97 Å². The van der Waals surface area contributed by atoms with Crippen LogP contribution < -0.4 is 10.1 Å². The van der Waals surface area contributed by atoms with E-state index in [1.54, 1.807) is 18.2 Å². The summed E-state index contributed by atoms with van der Waals surface area (Å²) >= 11 is 4.83. The van der Waals surface area contributed by atoms with Crippen molar-refractivity contribution in [3.05, 3.63) is 28.2 Å². The molecule has 0 saturated heterocycles. The average Bonchev–Trinajstić information content (AvgIpc) is 2.42. The van der Waals surface area contributed by atoms with E-state index < -0.39 is 17.9 Å². The van der Waals surface area contributed by atoms with Crippen LogP contribution in [0.1, 0.15) is 16.8 Å². The summed E-state index contributed by atoms with van der Waals surface area (Å²) in [7, 11) is 1.53. The Labute approximate surface area is 130 Å². The highest BCUT2D eigenvalue weighted by Crippen LogP contribution is 2.25. The number of nitrogens with one attached hydrogen (secondary N) is 1. The highest BCUT2D eigenvalue weighted by molar-refractivity contribution is 9.10. The molecule has 0 spiro atoms. The van der Waals surface area contributed by atoms with Crippen LogP contribution >= 0.6 is 27.7 Å². The summed E-state index contributed by atoms with van der Waals surface area (Å²) in [5.74, 6) is -0.163. The molecular formula is C13H16BrNO4S. The predicted octanol–water partition coefficient (Wildman–Crippen LogP) is 2.39. The topological polar surface area (TPSA) is 75.6 Å². The number of aliphatic carboxylic acids is 1. The number of carboxylic acid groups (broad SMARTS) is 1. The van der Waals surface area contributed by atoms with Gasteiger partial charge in [0.25, 0.3) is 5.91 Å². The first-order valence-corrected chi connectivity index (χ1v) is 8.04. The second-order valence-corrected chi connectivity index (χ2v) is 5.84. The van der Waals surface area contributed by atoms with Gasteiger partial charge in [-0.25, -0.2) is 4.79 Å². The van der Waals surface area contributed by atoms with Gasteiger partial charge in [0.2, 0.25) is 0 Å². The Morgan fingerprint density at radius 1 is 1.50 bits per heavy atom. The number of ether oxygens (including phenoxy) is 1. The van der Waals surface area contributed by atoms with Crippen LogP contribution in [0.15, 0.2) is 22.7 Å². The van der Waals surface area contributed by atoms with E-state index in [0.29, 0.717) is 28.0 Å². The van der Waals surface area contributed by atoms with E-state index in [1.807, 2.05) is 6.26 Å². The van der Waals surface area contributed by atoms with Crippen molar-refractivity contribution in [2.45, 2.75) is 12.5 Å². The standard InChI is InChI=1S/C13H16BrNO4S/c1-19-11-4-3-8(7-9(11)14)12(16)15-10(13(17)18)5-6-20-2/h3-4,7,10H,5-6H2,1-2H3,(H,15,16)(H,17,18)/t10-/m1/s1. The van der Waals surface area contributed by atoms with Crippen LogP contribution in [0.4, 0.5) is 0 Å². The van der Waals surface area contributed by atoms with Crippen molar-refractivity contribution in [1.29, 1.82) is 0 Å². The fourth-order valence-electron chi connectivity index (χ4n) is 1.54. The van der Waals surface area contributed by atoms with Gasteiger partial charge in [0, 0.05) is 5.56 Å². The number of hydrogen-bond donors (Lipinski definition) is 2. The third-order valence-electron chi connectivity index (χ3n) is 2.63. The Morgan fingerprint density at radius 3 is 2.70 bits per heavy atom. The largest absolute Gasteiger partial charge is 0.496 e. The maximum absolute atomic E-state index is 12.0. The number of amides is 1. The maximum Gasteiger partial charge on any atom is 0.326 e. The SMILES string of the molecule is COc1ccc(C(=O)N[C@H](CCSC)C(=O)O)cc1Br. The lowest BCUT2D eigenvalue weighted by Gasteiger charge is -2.14. The molecule has 0 aliphatic rings. The molecule has 1 aromatic carbocycles. The van der Waals surface area contributed by atoms with E-state index in [9.17, 15) is 9.59 Å². The molecule has 0 radical (unpaired) electrons. The number of methoxy groups -OCH3 is 1. The lowest BCUT2D eigenvalue weighted by atomic mass is 10.1. The second kappa shape index (κ2) is 8.16. The molecule has 7 heteroatoms. The van der Waals surface area contributed by atoms with Gasteiger partial charge in [0.05, 0.1) is 11.6 Å². The lowest BCUT2D eigenvalue weighted by Crippen LogP contribution is -2.41. The van der Waals surface area contributed by atoms with Crippen molar-refractivity contribution in [3.63, 3.8) is 0 Å². The van der Waals surface area contributed by atoms with Gasteiger partial charge in [-0.1, -0.05) is 0 Å². The zero-order chi connectivity index (χ0) is 15.1. The summed E-state index contributed by atoms with van der Waals surface area (Å²) in [6.07, 6.45) is 2.28. The highest BCUT2D eigenvalue weighted by atomic mass is 79.9. The Balaban J connectivity index is 2.78. The average molecular weight is 362 g/mol. The van der Waals surface area contributed by atoms with Crippen molar-refractivity contribution in [2.75, 3.05) is 19.1 Å². The Hall–Kier alpha value is -1.21. The van der Waals surface area contributed by atoms with E-state index in [-0.39, 0.29) is 0 Å². The van der Waals surface area contributed by atoms with Crippen LogP contribution in [0.2, 0.25) is 0 Å². The van der Waals surface area contributed by atoms with Crippen molar-refractivity contribution in [1.82, 2.24) is 5.32 Å². The number of hydrogen-bond acceptors (Lipinski definition) is 4. The summed E-state index contributed by atoms with van der Waals surface area (Å²) in [5.41, 5.74) is 0.382. The summed E-state index contributed by atoms with van der Waals surface area (Å²) in [6, 6.07) is 3.96. The van der Waals surface area contributed by atoms with Gasteiger partial charge in [-0.15, -0.1) is 0 Å². The molecule has 110 valence electrons. The van der Waals surface area contributed by atoms with Crippen LogP contribution in [0.25, 0.3) is 0 Å². The van der Waals surface area contributed by atoms with Crippen LogP contribution in [-0.2, 0) is 4.79 Å². The number of carboxylic acids is 1. The molecule has 1 aromatic rings. The molecule has 1 amide bonds. The smallest absolute Gasteiger partial charge is 0.326 e. The third-order valence-corrected chi connectivity index (χ3v) is 3.89. The highest BCUT2D eigenvalue weighted by Gasteiger charge is 2.20. The molecule has 2 N–H and O–H groups in total. The minimum atomic E-state index is -1.03. The van der Waals surface area contributed by atoms with Crippen LogP contribution in [0.5, 0.6) is 5.75 Å². The van der Waals surface area contributed by atoms with Gasteiger partial charge in [-0.05, 0) is 52.6 Å². The molecule has 1 rings (SSSR count). The van der Waals surface area contributed by atoms with Gasteiger partial charge in [0.15, 0.2) is 0 Å². The molecule has 0 bridgehead atoms. The number of benzene rings is 1. The third kappa shape index (κ3) is 4.72. The Kier molecular flexibility index (Phi) is 6.87. The first-order chi connectivity index (χ1) is 9.49. The monoisotopic (exact) mass is 361 g/mol. The summed E-state index contributed by atoms with van der Waals surface area (Å²) in [6.45, 7) is 0.